The molecule has 0 bridgehead atoms. The molecule has 0 saturated heterocycles. The van der Waals surface area contributed by atoms with E-state index in [1.165, 1.54) is 44.9 Å². The van der Waals surface area contributed by atoms with Crippen LogP contribution in [0, 0.1) is 0 Å². The minimum Gasteiger partial charge on any atom is -0.462 e. The molecule has 0 amide bonds. The van der Waals surface area contributed by atoms with Crippen molar-refractivity contribution in [3.63, 3.8) is 0 Å². The molecule has 0 saturated carbocycles. The zero-order chi connectivity index (χ0) is 42.3. The lowest BCUT2D eigenvalue weighted by Gasteiger charge is -2.18. The fourth-order valence-electron chi connectivity index (χ4n) is 6.15. The van der Waals surface area contributed by atoms with Crippen molar-refractivity contribution in [2.45, 2.75) is 213 Å². The number of carbonyl (C=O) groups is 3. The van der Waals surface area contributed by atoms with Crippen molar-refractivity contribution in [2.75, 3.05) is 13.2 Å². The quantitative estimate of drug-likeness (QED) is 0.0265. The SMILES string of the molecule is CC/C=C\C/C=C\C/C=C\C/C=C\CCCCCCCCC(=O)OCC(COC(=O)CCCCCCCCCC)OC(=O)CCCCC/C=C\C/C=C\C/C=C\CC. The van der Waals surface area contributed by atoms with Gasteiger partial charge in [0.25, 0.3) is 0 Å². The summed E-state index contributed by atoms with van der Waals surface area (Å²) < 4.78 is 16.7. The summed E-state index contributed by atoms with van der Waals surface area (Å²) in [5.74, 6) is -0.948. The number of carbonyl (C=O) groups excluding carboxylic acids is 3. The highest BCUT2D eigenvalue weighted by molar-refractivity contribution is 5.71. The van der Waals surface area contributed by atoms with Gasteiger partial charge in [-0.3, -0.25) is 14.4 Å². The molecule has 1 atom stereocenters. The molecule has 330 valence electrons. The number of esters is 3. The Kier molecular flexibility index (Phi) is 43.6. The third kappa shape index (κ3) is 43.7. The summed E-state index contributed by atoms with van der Waals surface area (Å²) in [5.41, 5.74) is 0. The number of hydrogen-bond donors (Lipinski definition) is 0. The van der Waals surface area contributed by atoms with E-state index in [0.717, 1.165) is 122 Å². The van der Waals surface area contributed by atoms with Crippen LogP contribution < -0.4 is 0 Å². The highest BCUT2D eigenvalue weighted by atomic mass is 16.6. The van der Waals surface area contributed by atoms with Crippen LogP contribution in [0.5, 0.6) is 0 Å². The van der Waals surface area contributed by atoms with Gasteiger partial charge >= 0.3 is 17.9 Å². The molecule has 0 aliphatic rings. The third-order valence-electron chi connectivity index (χ3n) is 9.65. The van der Waals surface area contributed by atoms with Crippen molar-refractivity contribution >= 4 is 17.9 Å². The van der Waals surface area contributed by atoms with E-state index >= 15 is 0 Å². The summed E-state index contributed by atoms with van der Waals surface area (Å²) in [6.07, 6.45) is 58.6. The van der Waals surface area contributed by atoms with Gasteiger partial charge in [-0.2, -0.15) is 0 Å². The van der Waals surface area contributed by atoms with E-state index in [4.69, 9.17) is 14.2 Å². The molecule has 0 radical (unpaired) electrons. The molecule has 0 aromatic rings. The molecule has 0 heterocycles. The van der Waals surface area contributed by atoms with Crippen molar-refractivity contribution in [1.82, 2.24) is 0 Å². The van der Waals surface area contributed by atoms with E-state index in [0.29, 0.717) is 12.8 Å². The first kappa shape index (κ1) is 54.6. The van der Waals surface area contributed by atoms with E-state index < -0.39 is 6.10 Å². The highest BCUT2D eigenvalue weighted by Gasteiger charge is 2.19. The molecule has 6 heteroatoms. The first-order valence-corrected chi connectivity index (χ1v) is 23.6. The molecular formula is C52H86O6. The topological polar surface area (TPSA) is 78.9 Å². The average molecular weight is 807 g/mol. The first-order chi connectivity index (χ1) is 28.5. The van der Waals surface area contributed by atoms with Crippen molar-refractivity contribution < 1.29 is 28.6 Å². The Balaban J connectivity index is 4.37. The van der Waals surface area contributed by atoms with E-state index in [2.05, 4.69) is 106 Å². The predicted octanol–water partition coefficient (Wildman–Crippen LogP) is 15.3. The van der Waals surface area contributed by atoms with Crippen LogP contribution in [0.4, 0.5) is 0 Å². The average Bonchev–Trinajstić information content (AvgIpc) is 3.22. The Labute approximate surface area is 356 Å². The highest BCUT2D eigenvalue weighted by Crippen LogP contribution is 2.13. The summed E-state index contributed by atoms with van der Waals surface area (Å²) in [7, 11) is 0. The maximum atomic E-state index is 12.7. The second-order valence-electron chi connectivity index (χ2n) is 15.3. The number of rotatable bonds is 41. The van der Waals surface area contributed by atoms with Crippen LogP contribution in [0.25, 0.3) is 0 Å². The molecular weight excluding hydrogens is 721 g/mol. The fraction of sp³-hybridized carbons (Fsp3) is 0.673. The Hall–Kier alpha value is -3.41. The summed E-state index contributed by atoms with van der Waals surface area (Å²) in [5, 5.41) is 0. The van der Waals surface area contributed by atoms with Crippen LogP contribution in [-0.4, -0.2) is 37.2 Å². The smallest absolute Gasteiger partial charge is 0.306 e. The normalized spacial score (nSPS) is 12.8. The molecule has 0 N–H and O–H groups in total. The fourth-order valence-corrected chi connectivity index (χ4v) is 6.15. The molecule has 58 heavy (non-hydrogen) atoms. The van der Waals surface area contributed by atoms with Crippen molar-refractivity contribution in [2.24, 2.45) is 0 Å². The lowest BCUT2D eigenvalue weighted by molar-refractivity contribution is -0.167. The number of allylic oxidation sites excluding steroid dienone is 14. The van der Waals surface area contributed by atoms with Gasteiger partial charge in [-0.1, -0.05) is 183 Å². The summed E-state index contributed by atoms with van der Waals surface area (Å²) >= 11 is 0. The van der Waals surface area contributed by atoms with Crippen LogP contribution in [-0.2, 0) is 28.6 Å². The summed E-state index contributed by atoms with van der Waals surface area (Å²) in [6, 6.07) is 0. The largest absolute Gasteiger partial charge is 0.462 e. The molecule has 0 aromatic heterocycles. The van der Waals surface area contributed by atoms with Crippen LogP contribution in [0.2, 0.25) is 0 Å². The lowest BCUT2D eigenvalue weighted by atomic mass is 10.1. The van der Waals surface area contributed by atoms with Crippen molar-refractivity contribution in [3.05, 3.63) is 85.1 Å². The second-order valence-corrected chi connectivity index (χ2v) is 15.3. The van der Waals surface area contributed by atoms with Gasteiger partial charge in [-0.15, -0.1) is 0 Å². The monoisotopic (exact) mass is 807 g/mol. The molecule has 0 aromatic carbocycles. The Morgan fingerprint density at radius 2 is 0.672 bits per heavy atom. The Bertz CT molecular complexity index is 1160. The van der Waals surface area contributed by atoms with E-state index in [1.54, 1.807) is 0 Å². The maximum absolute atomic E-state index is 12.7. The minimum atomic E-state index is -0.794. The van der Waals surface area contributed by atoms with Gasteiger partial charge in [0.05, 0.1) is 0 Å². The van der Waals surface area contributed by atoms with E-state index in [1.807, 2.05) is 0 Å². The molecule has 0 rings (SSSR count). The molecule has 6 nitrogen and oxygen atoms in total. The predicted molar refractivity (Wildman–Crippen MR) is 247 cm³/mol. The third-order valence-corrected chi connectivity index (χ3v) is 9.65. The zero-order valence-electron chi connectivity index (χ0n) is 37.5. The number of ether oxygens (including phenoxy) is 3. The van der Waals surface area contributed by atoms with Crippen LogP contribution >= 0.6 is 0 Å². The van der Waals surface area contributed by atoms with Gasteiger partial charge in [0.15, 0.2) is 6.10 Å². The van der Waals surface area contributed by atoms with Gasteiger partial charge in [-0.25, -0.2) is 0 Å². The van der Waals surface area contributed by atoms with Gasteiger partial charge in [-0.05, 0) is 89.9 Å². The van der Waals surface area contributed by atoms with Crippen LogP contribution in [0.1, 0.15) is 207 Å². The van der Waals surface area contributed by atoms with Crippen LogP contribution in [0.3, 0.4) is 0 Å². The van der Waals surface area contributed by atoms with E-state index in [9.17, 15) is 14.4 Å². The van der Waals surface area contributed by atoms with Crippen molar-refractivity contribution in [1.29, 1.82) is 0 Å². The number of unbranched alkanes of at least 4 members (excludes halogenated alkanes) is 16. The maximum Gasteiger partial charge on any atom is 0.306 e. The first-order valence-electron chi connectivity index (χ1n) is 23.6. The van der Waals surface area contributed by atoms with E-state index in [-0.39, 0.29) is 37.5 Å². The van der Waals surface area contributed by atoms with Crippen molar-refractivity contribution in [3.8, 4) is 0 Å². The van der Waals surface area contributed by atoms with Gasteiger partial charge < -0.3 is 14.2 Å². The molecule has 0 aliphatic heterocycles. The minimum absolute atomic E-state index is 0.0933. The summed E-state index contributed by atoms with van der Waals surface area (Å²) in [6.45, 7) is 6.32. The summed E-state index contributed by atoms with van der Waals surface area (Å²) in [4.78, 5) is 37.7. The molecule has 0 spiro atoms. The molecule has 0 aliphatic carbocycles. The zero-order valence-corrected chi connectivity index (χ0v) is 37.5. The number of hydrogen-bond acceptors (Lipinski definition) is 6. The standard InChI is InChI=1S/C52H86O6/c1-4-7-10-13-16-19-21-23-24-25-26-27-28-30-31-33-36-39-42-45-51(54)57-48-49(47-56-50(53)44-41-38-35-18-15-12-9-6-3)58-52(55)46-43-40-37-34-32-29-22-20-17-14-11-8-5-2/h7-8,10-11,16-17,19-20,23-24,26-27,29,32,49H,4-6,9,12-15,18,21-22,25,28,30-31,33-48H2,1-3H3/b10-7-,11-8-,19-16-,20-17-,24-23-,27-26-,32-29-. The second kappa shape index (κ2) is 46.3. The lowest BCUT2D eigenvalue weighted by Crippen LogP contribution is -2.30. The van der Waals surface area contributed by atoms with Gasteiger partial charge in [0, 0.05) is 19.3 Å². The molecule has 1 unspecified atom stereocenters. The Morgan fingerprint density at radius 3 is 1.07 bits per heavy atom. The molecule has 0 fully saturated rings. The van der Waals surface area contributed by atoms with Crippen LogP contribution in [0.15, 0.2) is 85.1 Å². The van der Waals surface area contributed by atoms with Gasteiger partial charge in [0.2, 0.25) is 0 Å². The van der Waals surface area contributed by atoms with Gasteiger partial charge in [0.1, 0.15) is 13.2 Å². The Morgan fingerprint density at radius 1 is 0.362 bits per heavy atom.